The molecule has 0 aromatic heterocycles. The van der Waals surface area contributed by atoms with Crippen LogP contribution >= 0.6 is 0 Å². The molecule has 13 nitrogen and oxygen atoms in total. The predicted octanol–water partition coefficient (Wildman–Crippen LogP) is 10.2. The second-order valence-corrected chi connectivity index (χ2v) is 19.3. The lowest BCUT2D eigenvalue weighted by Crippen LogP contribution is -2.61. The van der Waals surface area contributed by atoms with Crippen LogP contribution in [0.5, 0.6) is 0 Å². The Balaban J connectivity index is 2.57. The van der Waals surface area contributed by atoms with E-state index in [-0.39, 0.29) is 6.42 Å². The summed E-state index contributed by atoms with van der Waals surface area (Å²) in [5, 5.41) is 55.3. The van der Waals surface area contributed by atoms with Crippen molar-refractivity contribution in [1.82, 2.24) is 5.32 Å². The van der Waals surface area contributed by atoms with Crippen molar-refractivity contribution in [3.63, 3.8) is 0 Å². The number of unbranched alkanes of at least 4 members (excludes halogenated alkanes) is 25. The van der Waals surface area contributed by atoms with Gasteiger partial charge in [0.15, 0.2) is 6.29 Å². The van der Waals surface area contributed by atoms with E-state index in [4.69, 9.17) is 9.47 Å². The number of amides is 1. The van der Waals surface area contributed by atoms with Crippen molar-refractivity contribution >= 4 is 16.3 Å². The molecule has 1 aliphatic rings. The molecule has 1 saturated heterocycles. The summed E-state index contributed by atoms with van der Waals surface area (Å²) in [5.74, 6) is -0.725. The summed E-state index contributed by atoms with van der Waals surface area (Å²) in [5.41, 5.74) is 0. The van der Waals surface area contributed by atoms with Gasteiger partial charge in [-0.3, -0.25) is 9.35 Å². The maximum absolute atomic E-state index is 13.1. The van der Waals surface area contributed by atoms with E-state index in [1.807, 2.05) is 0 Å². The summed E-state index contributed by atoms with van der Waals surface area (Å²) in [6.07, 6.45) is 40.5. The average molecular weight is 958 g/mol. The number of ether oxygens (including phenoxy) is 2. The van der Waals surface area contributed by atoms with Crippen LogP contribution in [0.2, 0.25) is 0 Å². The lowest BCUT2D eigenvalue weighted by Gasteiger charge is -2.41. The highest BCUT2D eigenvalue weighted by molar-refractivity contribution is 7.80. The monoisotopic (exact) mass is 958 g/mol. The predicted molar refractivity (Wildman–Crippen MR) is 265 cm³/mol. The highest BCUT2D eigenvalue weighted by Gasteiger charge is 2.48. The maximum Gasteiger partial charge on any atom is 0.397 e. The molecular formula is C52H95NO12S. The van der Waals surface area contributed by atoms with Gasteiger partial charge in [0.05, 0.1) is 25.4 Å². The molecule has 7 N–H and O–H groups in total. The van der Waals surface area contributed by atoms with E-state index in [1.54, 1.807) is 6.08 Å². The summed E-state index contributed by atoms with van der Waals surface area (Å²) < 4.78 is 47.6. The zero-order valence-electron chi connectivity index (χ0n) is 41.1. The fourth-order valence-corrected chi connectivity index (χ4v) is 8.53. The number of aliphatic hydroxyl groups excluding tert-OH is 5. The van der Waals surface area contributed by atoms with E-state index in [9.17, 15) is 43.3 Å². The van der Waals surface area contributed by atoms with E-state index in [0.717, 1.165) is 57.8 Å². The molecule has 66 heavy (non-hydrogen) atoms. The molecule has 1 rings (SSSR count). The number of carbonyl (C=O) groups is 1. The first-order valence-corrected chi connectivity index (χ1v) is 27.5. The molecule has 0 saturated carbocycles. The van der Waals surface area contributed by atoms with Crippen LogP contribution in [0.3, 0.4) is 0 Å². The SMILES string of the molecule is CCCCCCCCCCC/C=C\CCCCCCC(O)C(=O)NC(COC1OC(CO)C(O)C(OS(=O)(=O)O)C1O)C(O)/C=C/CC/C=C/CC/C=C/CCCCCCCCCCCC. The zero-order chi connectivity index (χ0) is 48.5. The second kappa shape index (κ2) is 41.9. The van der Waals surface area contributed by atoms with Crippen molar-refractivity contribution in [2.75, 3.05) is 13.2 Å². The van der Waals surface area contributed by atoms with Gasteiger partial charge in [-0.05, 0) is 70.6 Å². The second-order valence-electron chi connectivity index (χ2n) is 18.2. The average Bonchev–Trinajstić information content (AvgIpc) is 3.29. The van der Waals surface area contributed by atoms with Crippen LogP contribution in [-0.2, 0) is 28.9 Å². The third-order valence-electron chi connectivity index (χ3n) is 12.2. The topological polar surface area (TPSA) is 212 Å². The molecule has 0 aromatic carbocycles. The largest absolute Gasteiger partial charge is 0.397 e. The van der Waals surface area contributed by atoms with Gasteiger partial charge in [0.1, 0.15) is 30.5 Å². The van der Waals surface area contributed by atoms with Crippen molar-refractivity contribution in [3.8, 4) is 0 Å². The number of allylic oxidation sites excluding steroid dienone is 7. The van der Waals surface area contributed by atoms with E-state index in [0.29, 0.717) is 12.8 Å². The van der Waals surface area contributed by atoms with Gasteiger partial charge in [-0.25, -0.2) is 4.18 Å². The minimum atomic E-state index is -5.13. The van der Waals surface area contributed by atoms with Crippen molar-refractivity contribution in [2.45, 2.75) is 262 Å². The van der Waals surface area contributed by atoms with Gasteiger partial charge < -0.3 is 40.3 Å². The molecule has 14 heteroatoms. The van der Waals surface area contributed by atoms with Crippen LogP contribution in [-0.4, -0.2) is 107 Å². The molecule has 8 unspecified atom stereocenters. The minimum Gasteiger partial charge on any atom is -0.394 e. The Morgan fingerprint density at radius 2 is 1.02 bits per heavy atom. The fraction of sp³-hybridized carbons (Fsp3) is 0.827. The normalized spacial score (nSPS) is 20.9. The smallest absolute Gasteiger partial charge is 0.394 e. The van der Waals surface area contributed by atoms with E-state index in [2.05, 4.69) is 59.8 Å². The maximum atomic E-state index is 13.1. The van der Waals surface area contributed by atoms with E-state index < -0.39 is 78.5 Å². The number of aliphatic hydroxyl groups is 5. The first kappa shape index (κ1) is 62.0. The van der Waals surface area contributed by atoms with Crippen LogP contribution in [0.4, 0.5) is 0 Å². The summed E-state index contributed by atoms with van der Waals surface area (Å²) in [4.78, 5) is 13.1. The highest BCUT2D eigenvalue weighted by Crippen LogP contribution is 2.26. The van der Waals surface area contributed by atoms with Gasteiger partial charge >= 0.3 is 10.4 Å². The molecule has 1 aliphatic heterocycles. The Bertz CT molecular complexity index is 1370. The molecule has 8 atom stereocenters. The summed E-state index contributed by atoms with van der Waals surface area (Å²) in [6.45, 7) is 3.20. The van der Waals surface area contributed by atoms with Crippen LogP contribution < -0.4 is 5.32 Å². The van der Waals surface area contributed by atoms with Crippen LogP contribution in [0, 0.1) is 0 Å². The quantitative estimate of drug-likeness (QED) is 0.0173. The van der Waals surface area contributed by atoms with Crippen molar-refractivity contribution in [2.24, 2.45) is 0 Å². The lowest BCUT2D eigenvalue weighted by atomic mass is 9.99. The van der Waals surface area contributed by atoms with E-state index >= 15 is 0 Å². The lowest BCUT2D eigenvalue weighted by molar-refractivity contribution is -0.298. The number of hydrogen-bond donors (Lipinski definition) is 7. The first-order valence-electron chi connectivity index (χ1n) is 26.1. The van der Waals surface area contributed by atoms with Gasteiger partial charge in [0, 0.05) is 0 Å². The Morgan fingerprint density at radius 3 is 1.45 bits per heavy atom. The summed E-state index contributed by atoms with van der Waals surface area (Å²) >= 11 is 0. The van der Waals surface area contributed by atoms with Crippen molar-refractivity contribution < 1.29 is 57.0 Å². The Hall–Kier alpha value is -1.98. The highest BCUT2D eigenvalue weighted by atomic mass is 32.3. The van der Waals surface area contributed by atoms with Crippen LogP contribution in [0.1, 0.15) is 213 Å². The summed E-state index contributed by atoms with van der Waals surface area (Å²) in [6, 6.07) is -1.15. The molecular weight excluding hydrogens is 863 g/mol. The van der Waals surface area contributed by atoms with Crippen molar-refractivity contribution in [1.29, 1.82) is 0 Å². The number of hydrogen-bond acceptors (Lipinski definition) is 11. The zero-order valence-corrected chi connectivity index (χ0v) is 41.9. The molecule has 1 heterocycles. The molecule has 1 amide bonds. The number of carbonyl (C=O) groups excluding carboxylic acids is 1. The van der Waals surface area contributed by atoms with Gasteiger partial charge in [-0.15, -0.1) is 0 Å². The molecule has 0 radical (unpaired) electrons. The molecule has 0 spiro atoms. The minimum absolute atomic E-state index is 0.219. The van der Waals surface area contributed by atoms with Gasteiger partial charge in [-0.2, -0.15) is 8.42 Å². The number of rotatable bonds is 44. The van der Waals surface area contributed by atoms with E-state index in [1.165, 1.54) is 128 Å². The van der Waals surface area contributed by atoms with Gasteiger partial charge in [0.2, 0.25) is 5.91 Å². The van der Waals surface area contributed by atoms with Crippen molar-refractivity contribution in [3.05, 3.63) is 48.6 Å². The molecule has 0 bridgehead atoms. The Kier molecular flexibility index (Phi) is 39.4. The third-order valence-corrected chi connectivity index (χ3v) is 12.6. The molecule has 386 valence electrons. The van der Waals surface area contributed by atoms with Crippen LogP contribution in [0.15, 0.2) is 48.6 Å². The third kappa shape index (κ3) is 33.5. The first-order chi connectivity index (χ1) is 31.9. The van der Waals surface area contributed by atoms with Gasteiger partial charge in [0.25, 0.3) is 0 Å². The standard InChI is InChI=1S/C52H95NO12S/c1-3-5-7-9-11-13-15-17-19-21-22-23-25-26-28-30-32-34-36-38-40-45(55)44(43-63-52-49(58)50(65-66(60,61)62)48(57)47(42-54)64-52)53-51(59)46(56)41-39-37-35-33-31-29-27-24-20-18-16-14-12-10-8-6-4-2/h23,25,27,29-30,32,38,40,44-50,52,54-58H,3-22,24,26,28,31,33-37,39,41-43H2,1-2H3,(H,53,59)(H,60,61,62)/b25-23+,29-27-,32-30+,40-38+. The Morgan fingerprint density at radius 1 is 0.606 bits per heavy atom. The molecule has 0 aliphatic carbocycles. The van der Waals surface area contributed by atoms with Gasteiger partial charge in [-0.1, -0.05) is 191 Å². The fourth-order valence-electron chi connectivity index (χ4n) is 8.02. The molecule has 1 fully saturated rings. The van der Waals surface area contributed by atoms with Crippen LogP contribution in [0.25, 0.3) is 0 Å². The Labute approximate surface area is 400 Å². The number of nitrogens with one attached hydrogen (secondary N) is 1. The molecule has 0 aromatic rings. The summed E-state index contributed by atoms with van der Waals surface area (Å²) in [7, 11) is -5.13.